The number of esters is 1. The molecular weight excluding hydrogens is 154 g/mol. The minimum atomic E-state index is -0.377. The van der Waals surface area contributed by atoms with Crippen molar-refractivity contribution in [2.75, 3.05) is 20.7 Å². The van der Waals surface area contributed by atoms with Crippen LogP contribution in [0.25, 0.3) is 0 Å². The van der Waals surface area contributed by atoms with Crippen LogP contribution in [-0.4, -0.2) is 31.6 Å². The monoisotopic (exact) mass is 169 g/mol. The maximum atomic E-state index is 10.9. The number of hydrogen-bond acceptors (Lipinski definition) is 3. The van der Waals surface area contributed by atoms with E-state index in [1.54, 1.807) is 11.8 Å². The molecule has 0 aromatic carbocycles. The van der Waals surface area contributed by atoms with Crippen molar-refractivity contribution in [3.63, 3.8) is 0 Å². The topological polar surface area (TPSA) is 29.5 Å². The van der Waals surface area contributed by atoms with Gasteiger partial charge in [-0.15, -0.1) is 0 Å². The van der Waals surface area contributed by atoms with Crippen molar-refractivity contribution in [3.8, 4) is 0 Å². The van der Waals surface area contributed by atoms with Crippen LogP contribution < -0.4 is 0 Å². The van der Waals surface area contributed by atoms with Gasteiger partial charge in [-0.2, -0.15) is 0 Å². The highest BCUT2D eigenvalue weighted by Gasteiger charge is 2.04. The lowest BCUT2D eigenvalue weighted by Gasteiger charge is -2.15. The van der Waals surface area contributed by atoms with Gasteiger partial charge in [-0.1, -0.05) is 13.2 Å². The summed E-state index contributed by atoms with van der Waals surface area (Å²) in [6, 6.07) is 0. The number of rotatable bonds is 4. The third kappa shape index (κ3) is 3.81. The Morgan fingerprint density at radius 2 is 1.92 bits per heavy atom. The average molecular weight is 169 g/mol. The van der Waals surface area contributed by atoms with Crippen molar-refractivity contribution < 1.29 is 9.53 Å². The first-order valence-corrected chi connectivity index (χ1v) is 3.63. The third-order valence-electron chi connectivity index (χ3n) is 1.35. The Kier molecular flexibility index (Phi) is 4.11. The largest absolute Gasteiger partial charge is 0.456 e. The lowest BCUT2D eigenvalue weighted by Crippen LogP contribution is -2.17. The van der Waals surface area contributed by atoms with E-state index in [2.05, 4.69) is 13.2 Å². The normalized spacial score (nSPS) is 8.92. The second-order valence-electron chi connectivity index (χ2n) is 2.82. The van der Waals surface area contributed by atoms with Crippen LogP contribution >= 0.6 is 0 Å². The van der Waals surface area contributed by atoms with Gasteiger partial charge in [0.1, 0.15) is 6.61 Å². The van der Waals surface area contributed by atoms with Crippen LogP contribution in [0.4, 0.5) is 0 Å². The van der Waals surface area contributed by atoms with E-state index in [0.29, 0.717) is 5.57 Å². The van der Waals surface area contributed by atoms with Gasteiger partial charge in [0.2, 0.25) is 0 Å². The Labute approximate surface area is 73.3 Å². The van der Waals surface area contributed by atoms with E-state index in [-0.39, 0.29) is 12.6 Å². The van der Waals surface area contributed by atoms with Gasteiger partial charge >= 0.3 is 5.97 Å². The fourth-order valence-electron chi connectivity index (χ4n) is 0.401. The first-order valence-electron chi connectivity index (χ1n) is 3.63. The smallest absolute Gasteiger partial charge is 0.333 e. The molecule has 3 nitrogen and oxygen atoms in total. The predicted molar refractivity (Wildman–Crippen MR) is 48.6 cm³/mol. The van der Waals surface area contributed by atoms with Crippen molar-refractivity contribution >= 4 is 5.97 Å². The molecular formula is C9H15NO2. The van der Waals surface area contributed by atoms with E-state index >= 15 is 0 Å². The lowest BCUT2D eigenvalue weighted by molar-refractivity contribution is -0.138. The highest BCUT2D eigenvalue weighted by Crippen LogP contribution is 1.98. The number of hydrogen-bond donors (Lipinski definition) is 0. The molecule has 0 heterocycles. The molecule has 0 atom stereocenters. The van der Waals surface area contributed by atoms with E-state index in [1.165, 1.54) is 0 Å². The number of carbonyl (C=O) groups is 1. The SMILES string of the molecule is C=C(C)C(=O)OCC(=C)N(C)C. The minimum Gasteiger partial charge on any atom is -0.456 e. The van der Waals surface area contributed by atoms with Crippen molar-refractivity contribution in [1.82, 2.24) is 4.90 Å². The summed E-state index contributed by atoms with van der Waals surface area (Å²) in [5.74, 6) is -0.377. The Balaban J connectivity index is 3.77. The summed E-state index contributed by atoms with van der Waals surface area (Å²) in [7, 11) is 3.69. The van der Waals surface area contributed by atoms with Crippen LogP contribution in [0.5, 0.6) is 0 Å². The molecule has 0 unspecified atom stereocenters. The fourth-order valence-corrected chi connectivity index (χ4v) is 0.401. The molecule has 0 fully saturated rings. The fraction of sp³-hybridized carbons (Fsp3) is 0.444. The molecule has 68 valence electrons. The summed E-state index contributed by atoms with van der Waals surface area (Å²) in [6.45, 7) is 9.00. The van der Waals surface area contributed by atoms with Crippen LogP contribution in [0.1, 0.15) is 6.92 Å². The molecule has 0 aromatic rings. The Morgan fingerprint density at radius 3 is 2.25 bits per heavy atom. The quantitative estimate of drug-likeness (QED) is 0.467. The number of carbonyl (C=O) groups excluding carboxylic acids is 1. The van der Waals surface area contributed by atoms with Gasteiger partial charge in [-0.05, 0) is 6.92 Å². The maximum absolute atomic E-state index is 10.9. The van der Waals surface area contributed by atoms with Crippen LogP contribution in [-0.2, 0) is 9.53 Å². The molecule has 0 aliphatic carbocycles. The van der Waals surface area contributed by atoms with Crippen molar-refractivity contribution in [2.45, 2.75) is 6.92 Å². The molecule has 0 aliphatic rings. The van der Waals surface area contributed by atoms with Crippen LogP contribution in [0.15, 0.2) is 24.4 Å². The predicted octanol–water partition coefficient (Wildman–Crippen LogP) is 1.18. The molecule has 0 radical (unpaired) electrons. The van der Waals surface area contributed by atoms with E-state index in [4.69, 9.17) is 4.74 Å². The first kappa shape index (κ1) is 10.8. The average Bonchev–Trinajstić information content (AvgIpc) is 1.98. The van der Waals surface area contributed by atoms with Crippen molar-refractivity contribution in [2.24, 2.45) is 0 Å². The zero-order chi connectivity index (χ0) is 9.72. The summed E-state index contributed by atoms with van der Waals surface area (Å²) in [5.41, 5.74) is 1.16. The maximum Gasteiger partial charge on any atom is 0.333 e. The molecule has 0 spiro atoms. The van der Waals surface area contributed by atoms with Gasteiger partial charge < -0.3 is 9.64 Å². The van der Waals surface area contributed by atoms with E-state index in [1.807, 2.05) is 14.1 Å². The van der Waals surface area contributed by atoms with Gasteiger partial charge in [0.25, 0.3) is 0 Å². The third-order valence-corrected chi connectivity index (χ3v) is 1.35. The van der Waals surface area contributed by atoms with E-state index < -0.39 is 0 Å². The van der Waals surface area contributed by atoms with Crippen LogP contribution in [0.2, 0.25) is 0 Å². The lowest BCUT2D eigenvalue weighted by atomic mass is 10.4. The molecule has 3 heteroatoms. The van der Waals surface area contributed by atoms with Crippen molar-refractivity contribution in [1.29, 1.82) is 0 Å². The highest BCUT2D eigenvalue weighted by molar-refractivity contribution is 5.87. The summed E-state index contributed by atoms with van der Waals surface area (Å²) in [5, 5.41) is 0. The molecule has 0 saturated heterocycles. The Bertz CT molecular complexity index is 207. The molecule has 12 heavy (non-hydrogen) atoms. The summed E-state index contributed by atoms with van der Waals surface area (Å²) in [4.78, 5) is 12.7. The van der Waals surface area contributed by atoms with Gasteiger partial charge in [0.05, 0.1) is 0 Å². The standard InChI is InChI=1S/C9H15NO2/c1-7(2)9(11)12-6-8(3)10(4)5/h1,3,6H2,2,4-5H3. The van der Waals surface area contributed by atoms with Gasteiger partial charge in [0.15, 0.2) is 0 Å². The number of ether oxygens (including phenoxy) is 1. The molecule has 0 amide bonds. The van der Waals surface area contributed by atoms with Crippen molar-refractivity contribution in [3.05, 3.63) is 24.4 Å². The van der Waals surface area contributed by atoms with Gasteiger partial charge in [-0.25, -0.2) is 4.79 Å². The molecule has 0 saturated carbocycles. The molecule has 0 aliphatic heterocycles. The molecule has 0 aromatic heterocycles. The zero-order valence-corrected chi connectivity index (χ0v) is 7.89. The summed E-state index contributed by atoms with van der Waals surface area (Å²) >= 11 is 0. The Morgan fingerprint density at radius 1 is 1.42 bits per heavy atom. The highest BCUT2D eigenvalue weighted by atomic mass is 16.5. The molecule has 0 bridgehead atoms. The number of nitrogens with zero attached hydrogens (tertiary/aromatic N) is 1. The zero-order valence-electron chi connectivity index (χ0n) is 7.89. The molecule has 0 rings (SSSR count). The summed E-state index contributed by atoms with van der Waals surface area (Å²) in [6.07, 6.45) is 0. The van der Waals surface area contributed by atoms with Crippen LogP contribution in [0, 0.1) is 0 Å². The second kappa shape index (κ2) is 4.59. The second-order valence-corrected chi connectivity index (χ2v) is 2.82. The van der Waals surface area contributed by atoms with E-state index in [0.717, 1.165) is 5.70 Å². The van der Waals surface area contributed by atoms with E-state index in [9.17, 15) is 4.79 Å². The Hall–Kier alpha value is -1.25. The first-order chi connectivity index (χ1) is 5.45. The minimum absolute atomic E-state index is 0.221. The summed E-state index contributed by atoms with van der Waals surface area (Å²) < 4.78 is 4.85. The van der Waals surface area contributed by atoms with Gasteiger partial charge in [-0.3, -0.25) is 0 Å². The molecule has 0 N–H and O–H groups in total. The van der Waals surface area contributed by atoms with Crippen LogP contribution in [0.3, 0.4) is 0 Å². The number of likely N-dealkylation sites (N-methyl/N-ethyl adjacent to an activating group) is 1. The van der Waals surface area contributed by atoms with Gasteiger partial charge in [0, 0.05) is 25.4 Å².